The molecule has 2 N–H and O–H groups in total. The van der Waals surface area contributed by atoms with Crippen LogP contribution in [0.15, 0.2) is 0 Å². The van der Waals surface area contributed by atoms with Crippen LogP contribution in [0, 0.1) is 17.3 Å². The summed E-state index contributed by atoms with van der Waals surface area (Å²) in [5.74, 6) is -1.56. The van der Waals surface area contributed by atoms with Crippen molar-refractivity contribution >= 4 is 11.9 Å². The van der Waals surface area contributed by atoms with E-state index in [1.54, 1.807) is 0 Å². The van der Waals surface area contributed by atoms with Gasteiger partial charge in [-0.05, 0) is 43.4 Å². The van der Waals surface area contributed by atoms with Gasteiger partial charge in [0.1, 0.15) is 0 Å². The molecule has 26 heavy (non-hydrogen) atoms. The molecule has 4 heteroatoms. The average Bonchev–Trinajstić information content (AvgIpc) is 3.36. The van der Waals surface area contributed by atoms with Crippen molar-refractivity contribution in [3.63, 3.8) is 0 Å². The van der Waals surface area contributed by atoms with Crippen molar-refractivity contribution in [1.29, 1.82) is 0 Å². The zero-order chi connectivity index (χ0) is 19.4. The third kappa shape index (κ3) is 8.55. The molecule has 1 fully saturated rings. The summed E-state index contributed by atoms with van der Waals surface area (Å²) in [5.41, 5.74) is 0.105. The van der Waals surface area contributed by atoms with E-state index in [2.05, 4.69) is 6.92 Å². The summed E-state index contributed by atoms with van der Waals surface area (Å²) in [6.45, 7) is 4.08. The highest BCUT2D eigenvalue weighted by molar-refractivity contribution is 5.70. The highest BCUT2D eigenvalue weighted by Gasteiger charge is 2.51. The molecule has 0 radical (unpaired) electrons. The number of hydrogen-bond donors (Lipinski definition) is 2. The number of carboxylic acids is 2. The van der Waals surface area contributed by atoms with Gasteiger partial charge in [0.05, 0.1) is 5.92 Å². The van der Waals surface area contributed by atoms with E-state index in [1.807, 2.05) is 6.92 Å². The van der Waals surface area contributed by atoms with Gasteiger partial charge in [-0.1, -0.05) is 71.6 Å². The zero-order valence-corrected chi connectivity index (χ0v) is 17.0. The van der Waals surface area contributed by atoms with Gasteiger partial charge in [-0.3, -0.25) is 9.59 Å². The van der Waals surface area contributed by atoms with Crippen molar-refractivity contribution in [1.82, 2.24) is 0 Å². The van der Waals surface area contributed by atoms with Gasteiger partial charge in [0.15, 0.2) is 0 Å². The molecule has 1 aliphatic carbocycles. The van der Waals surface area contributed by atoms with Gasteiger partial charge in [0.25, 0.3) is 0 Å². The van der Waals surface area contributed by atoms with Gasteiger partial charge < -0.3 is 10.2 Å². The SMILES string of the molecule is CCCCCCCCCCCC(C(C)C(=O)O)C1(CCCC(=O)O)CC1. The Balaban J connectivity index is 2.33. The van der Waals surface area contributed by atoms with E-state index in [9.17, 15) is 14.7 Å². The average molecular weight is 369 g/mol. The van der Waals surface area contributed by atoms with Crippen LogP contribution < -0.4 is 0 Å². The Morgan fingerprint density at radius 3 is 1.88 bits per heavy atom. The molecule has 1 rings (SSSR count). The summed E-state index contributed by atoms with van der Waals surface area (Å²) >= 11 is 0. The Kier molecular flexibility index (Phi) is 10.9. The smallest absolute Gasteiger partial charge is 0.306 e. The van der Waals surface area contributed by atoms with Crippen molar-refractivity contribution in [3.8, 4) is 0 Å². The lowest BCUT2D eigenvalue weighted by Crippen LogP contribution is -2.29. The molecule has 4 nitrogen and oxygen atoms in total. The minimum atomic E-state index is -0.748. The number of carboxylic acid groups (broad SMARTS) is 2. The van der Waals surface area contributed by atoms with Gasteiger partial charge in [0.2, 0.25) is 0 Å². The highest BCUT2D eigenvalue weighted by Crippen LogP contribution is 2.59. The van der Waals surface area contributed by atoms with E-state index in [1.165, 1.54) is 51.4 Å². The first-order valence-corrected chi connectivity index (χ1v) is 10.9. The fourth-order valence-corrected chi connectivity index (χ4v) is 4.49. The molecule has 0 saturated heterocycles. The lowest BCUT2D eigenvalue weighted by atomic mass is 9.74. The number of unbranched alkanes of at least 4 members (excludes halogenated alkanes) is 8. The second kappa shape index (κ2) is 12.3. The van der Waals surface area contributed by atoms with Gasteiger partial charge in [0, 0.05) is 6.42 Å². The van der Waals surface area contributed by atoms with Crippen LogP contribution in [0.5, 0.6) is 0 Å². The Morgan fingerprint density at radius 1 is 0.885 bits per heavy atom. The van der Waals surface area contributed by atoms with E-state index in [0.717, 1.165) is 32.1 Å². The van der Waals surface area contributed by atoms with Crippen molar-refractivity contribution in [2.45, 2.75) is 110 Å². The predicted octanol–water partition coefficient (Wildman–Crippen LogP) is 6.28. The van der Waals surface area contributed by atoms with Crippen LogP contribution >= 0.6 is 0 Å². The molecule has 1 aliphatic rings. The van der Waals surface area contributed by atoms with Gasteiger partial charge in [-0.15, -0.1) is 0 Å². The molecular weight excluding hydrogens is 328 g/mol. The molecule has 0 bridgehead atoms. The maximum absolute atomic E-state index is 11.6. The highest BCUT2D eigenvalue weighted by atomic mass is 16.4. The minimum Gasteiger partial charge on any atom is -0.481 e. The van der Waals surface area contributed by atoms with E-state index in [4.69, 9.17) is 5.11 Å². The monoisotopic (exact) mass is 368 g/mol. The standard InChI is InChI=1S/C22H40O4/c1-3-4-5-6-7-8-9-10-11-13-19(18(2)21(25)26)22(16-17-22)15-12-14-20(23)24/h18-19H,3-17H2,1-2H3,(H,23,24)(H,25,26). The Hall–Kier alpha value is -1.06. The summed E-state index contributed by atoms with van der Waals surface area (Å²) in [7, 11) is 0. The molecule has 0 heterocycles. The largest absolute Gasteiger partial charge is 0.481 e. The molecule has 0 aliphatic heterocycles. The topological polar surface area (TPSA) is 74.6 Å². The van der Waals surface area contributed by atoms with Gasteiger partial charge in [-0.25, -0.2) is 0 Å². The van der Waals surface area contributed by atoms with E-state index in [-0.39, 0.29) is 23.7 Å². The number of hydrogen-bond acceptors (Lipinski definition) is 2. The van der Waals surface area contributed by atoms with Crippen LogP contribution in [0.2, 0.25) is 0 Å². The normalized spacial score (nSPS) is 17.6. The van der Waals surface area contributed by atoms with Crippen LogP contribution in [0.1, 0.15) is 110 Å². The Morgan fingerprint density at radius 2 is 1.42 bits per heavy atom. The second-order valence-electron chi connectivity index (χ2n) is 8.46. The molecular formula is C22H40O4. The first kappa shape index (κ1) is 23.0. The van der Waals surface area contributed by atoms with Gasteiger partial charge in [-0.2, -0.15) is 0 Å². The third-order valence-corrected chi connectivity index (χ3v) is 6.36. The predicted molar refractivity (Wildman–Crippen MR) is 105 cm³/mol. The van der Waals surface area contributed by atoms with Crippen LogP contribution in [0.3, 0.4) is 0 Å². The molecule has 0 aromatic rings. The first-order valence-electron chi connectivity index (χ1n) is 10.9. The quantitative estimate of drug-likeness (QED) is 0.296. The maximum atomic E-state index is 11.6. The van der Waals surface area contributed by atoms with E-state index >= 15 is 0 Å². The molecule has 0 aromatic heterocycles. The molecule has 0 amide bonds. The number of carbonyl (C=O) groups is 2. The van der Waals surface area contributed by atoms with Gasteiger partial charge >= 0.3 is 11.9 Å². The minimum absolute atomic E-state index is 0.105. The zero-order valence-electron chi connectivity index (χ0n) is 17.0. The summed E-state index contributed by atoms with van der Waals surface area (Å²) in [6, 6.07) is 0. The fraction of sp³-hybridized carbons (Fsp3) is 0.909. The van der Waals surface area contributed by atoms with Crippen molar-refractivity contribution in [3.05, 3.63) is 0 Å². The number of rotatable bonds is 17. The lowest BCUT2D eigenvalue weighted by molar-refractivity contribution is -0.144. The van der Waals surface area contributed by atoms with Crippen LogP contribution in [-0.2, 0) is 9.59 Å². The van der Waals surface area contributed by atoms with Crippen LogP contribution in [0.4, 0.5) is 0 Å². The molecule has 152 valence electrons. The van der Waals surface area contributed by atoms with E-state index < -0.39 is 11.9 Å². The first-order chi connectivity index (χ1) is 12.4. The summed E-state index contributed by atoms with van der Waals surface area (Å²) in [5, 5.41) is 18.4. The third-order valence-electron chi connectivity index (χ3n) is 6.36. The lowest BCUT2D eigenvalue weighted by Gasteiger charge is -2.30. The van der Waals surface area contributed by atoms with Crippen LogP contribution in [0.25, 0.3) is 0 Å². The van der Waals surface area contributed by atoms with Crippen molar-refractivity contribution in [2.75, 3.05) is 0 Å². The van der Waals surface area contributed by atoms with Crippen LogP contribution in [-0.4, -0.2) is 22.2 Å². The summed E-state index contributed by atoms with van der Waals surface area (Å²) in [4.78, 5) is 22.3. The Bertz CT molecular complexity index is 414. The van der Waals surface area contributed by atoms with E-state index in [0.29, 0.717) is 6.42 Å². The summed E-state index contributed by atoms with van der Waals surface area (Å²) < 4.78 is 0. The number of aliphatic carboxylic acids is 2. The van der Waals surface area contributed by atoms with Crippen molar-refractivity contribution in [2.24, 2.45) is 17.3 Å². The van der Waals surface area contributed by atoms with Crippen molar-refractivity contribution < 1.29 is 19.8 Å². The Labute approximate surface area is 159 Å². The molecule has 0 spiro atoms. The maximum Gasteiger partial charge on any atom is 0.306 e. The molecule has 2 atom stereocenters. The molecule has 1 saturated carbocycles. The molecule has 2 unspecified atom stereocenters. The summed E-state index contributed by atoms with van der Waals surface area (Å²) in [6.07, 6.45) is 16.4. The second-order valence-corrected chi connectivity index (χ2v) is 8.46. The fourth-order valence-electron chi connectivity index (χ4n) is 4.49. The molecule has 0 aromatic carbocycles.